The normalized spacial score (nSPS) is 17.8. The first-order chi connectivity index (χ1) is 8.72. The van der Waals surface area contributed by atoms with Gasteiger partial charge in [0, 0.05) is 48.3 Å². The number of aliphatic hydroxyl groups is 1. The molecule has 0 bridgehead atoms. The first-order valence-corrected chi connectivity index (χ1v) is 7.40. The van der Waals surface area contributed by atoms with Crippen LogP contribution in [0.25, 0.3) is 0 Å². The van der Waals surface area contributed by atoms with Crippen LogP contribution in [0.1, 0.15) is 18.0 Å². The van der Waals surface area contributed by atoms with E-state index in [0.717, 1.165) is 42.1 Å². The smallest absolute Gasteiger partial charge is 0.0449 e. The summed E-state index contributed by atoms with van der Waals surface area (Å²) in [4.78, 5) is 2.41. The van der Waals surface area contributed by atoms with Crippen molar-refractivity contribution in [1.29, 1.82) is 0 Å². The van der Waals surface area contributed by atoms with Crippen LogP contribution in [0.15, 0.2) is 22.7 Å². The molecule has 19 heavy (non-hydrogen) atoms. The highest BCUT2D eigenvalue weighted by Gasteiger charge is 2.23. The van der Waals surface area contributed by atoms with Crippen LogP contribution in [0.5, 0.6) is 0 Å². The summed E-state index contributed by atoms with van der Waals surface area (Å²) in [6.45, 7) is 4.20. The molecule has 1 atom stereocenters. The van der Waals surface area contributed by atoms with E-state index in [-0.39, 0.29) is 25.1 Å². The van der Waals surface area contributed by atoms with Crippen molar-refractivity contribution < 1.29 is 5.11 Å². The molecule has 1 heterocycles. The van der Waals surface area contributed by atoms with Gasteiger partial charge in [-0.2, -0.15) is 0 Å². The maximum absolute atomic E-state index is 9.30. The van der Waals surface area contributed by atoms with Gasteiger partial charge in [0.05, 0.1) is 0 Å². The number of benzene rings is 1. The van der Waals surface area contributed by atoms with E-state index in [4.69, 9.17) is 11.6 Å². The number of hydrogen-bond donors (Lipinski definition) is 2. The Morgan fingerprint density at radius 1 is 1.37 bits per heavy atom. The Hall–Kier alpha value is 0.160. The van der Waals surface area contributed by atoms with Crippen molar-refractivity contribution in [2.45, 2.75) is 12.5 Å². The lowest BCUT2D eigenvalue weighted by Gasteiger charge is -2.35. The Morgan fingerprint density at radius 2 is 2.05 bits per heavy atom. The molecule has 6 heteroatoms. The first kappa shape index (κ1) is 17.2. The average molecular weight is 370 g/mol. The second kappa shape index (κ2) is 8.45. The number of rotatable bonds is 4. The number of nitrogens with one attached hydrogen (secondary N) is 1. The predicted molar refractivity (Wildman–Crippen MR) is 85.3 cm³/mol. The zero-order chi connectivity index (χ0) is 13.0. The molecule has 0 saturated carbocycles. The van der Waals surface area contributed by atoms with E-state index >= 15 is 0 Å². The molecule has 0 unspecified atom stereocenters. The van der Waals surface area contributed by atoms with Crippen LogP contribution in [0.4, 0.5) is 0 Å². The molecule has 1 aromatic rings. The molecule has 108 valence electrons. The van der Waals surface area contributed by atoms with Gasteiger partial charge < -0.3 is 10.4 Å². The Morgan fingerprint density at radius 3 is 2.68 bits per heavy atom. The zero-order valence-electron chi connectivity index (χ0n) is 10.6. The second-order valence-corrected chi connectivity index (χ2v) is 5.77. The van der Waals surface area contributed by atoms with Crippen LogP contribution in [0.3, 0.4) is 0 Å². The van der Waals surface area contributed by atoms with Crippen LogP contribution in [0.2, 0.25) is 5.02 Å². The van der Waals surface area contributed by atoms with Gasteiger partial charge in [-0.05, 0) is 30.2 Å². The average Bonchev–Trinajstić information content (AvgIpc) is 2.40. The summed E-state index contributed by atoms with van der Waals surface area (Å²) >= 11 is 9.67. The van der Waals surface area contributed by atoms with Gasteiger partial charge in [0.1, 0.15) is 0 Å². The van der Waals surface area contributed by atoms with E-state index in [1.165, 1.54) is 5.56 Å². The Bertz CT molecular complexity index is 400. The van der Waals surface area contributed by atoms with Crippen LogP contribution < -0.4 is 5.32 Å². The van der Waals surface area contributed by atoms with Crippen molar-refractivity contribution in [2.75, 3.05) is 32.8 Å². The Labute approximate surface area is 133 Å². The second-order valence-electron chi connectivity index (χ2n) is 4.48. The summed E-state index contributed by atoms with van der Waals surface area (Å²) in [6.07, 6.45) is 0.735. The highest BCUT2D eigenvalue weighted by atomic mass is 79.9. The van der Waals surface area contributed by atoms with Crippen LogP contribution >= 0.6 is 39.9 Å². The van der Waals surface area contributed by atoms with E-state index in [0.29, 0.717) is 0 Å². The minimum absolute atomic E-state index is 0. The molecule has 3 nitrogen and oxygen atoms in total. The van der Waals surface area contributed by atoms with Gasteiger partial charge in [-0.15, -0.1) is 12.4 Å². The molecule has 1 aliphatic heterocycles. The van der Waals surface area contributed by atoms with Gasteiger partial charge >= 0.3 is 0 Å². The van der Waals surface area contributed by atoms with Crippen LogP contribution in [-0.2, 0) is 0 Å². The summed E-state index contributed by atoms with van der Waals surface area (Å²) in [5, 5.41) is 13.4. The first-order valence-electron chi connectivity index (χ1n) is 6.23. The standard InChI is InChI=1S/C13H18BrClN2O.ClH/c14-12-2-1-10(15)9-11(12)13(3-8-18)17-6-4-16-5-7-17;/h1-2,9,13,16,18H,3-8H2;1H/t13-;/m0./s1. The number of halogens is 3. The molecule has 2 N–H and O–H groups in total. The molecule has 1 aliphatic rings. The fourth-order valence-electron chi connectivity index (χ4n) is 2.42. The summed E-state index contributed by atoms with van der Waals surface area (Å²) in [6, 6.07) is 6.08. The highest BCUT2D eigenvalue weighted by molar-refractivity contribution is 9.10. The van der Waals surface area contributed by atoms with E-state index < -0.39 is 0 Å². The van der Waals surface area contributed by atoms with Gasteiger partial charge in [-0.25, -0.2) is 0 Å². The van der Waals surface area contributed by atoms with Crippen LogP contribution in [-0.4, -0.2) is 42.8 Å². The molecular formula is C13H19BrCl2N2O. The van der Waals surface area contributed by atoms with Crippen molar-refractivity contribution in [2.24, 2.45) is 0 Å². The maximum atomic E-state index is 9.30. The van der Waals surface area contributed by atoms with Crippen molar-refractivity contribution in [1.82, 2.24) is 10.2 Å². The van der Waals surface area contributed by atoms with Gasteiger partial charge in [0.15, 0.2) is 0 Å². The highest BCUT2D eigenvalue weighted by Crippen LogP contribution is 2.32. The van der Waals surface area contributed by atoms with Crippen molar-refractivity contribution in [3.63, 3.8) is 0 Å². The van der Waals surface area contributed by atoms with E-state index in [1.54, 1.807) is 0 Å². The summed E-state index contributed by atoms with van der Waals surface area (Å²) in [5.74, 6) is 0. The third-order valence-electron chi connectivity index (χ3n) is 3.31. The van der Waals surface area contributed by atoms with E-state index in [2.05, 4.69) is 26.1 Å². The quantitative estimate of drug-likeness (QED) is 0.856. The minimum Gasteiger partial charge on any atom is -0.396 e. The Balaban J connectivity index is 0.00000180. The van der Waals surface area contributed by atoms with Crippen molar-refractivity contribution >= 4 is 39.9 Å². The lowest BCUT2D eigenvalue weighted by molar-refractivity contribution is 0.140. The monoisotopic (exact) mass is 368 g/mol. The van der Waals surface area contributed by atoms with Crippen LogP contribution in [0, 0.1) is 0 Å². The SMILES string of the molecule is Cl.OCC[C@@H](c1cc(Cl)ccc1Br)N1CCNCC1. The molecule has 2 rings (SSSR count). The van der Waals surface area contributed by atoms with Gasteiger partial charge in [-0.3, -0.25) is 4.90 Å². The van der Waals surface area contributed by atoms with Crippen molar-refractivity contribution in [3.8, 4) is 0 Å². The number of nitrogens with zero attached hydrogens (tertiary/aromatic N) is 1. The summed E-state index contributed by atoms with van der Waals surface area (Å²) < 4.78 is 1.06. The lowest BCUT2D eigenvalue weighted by atomic mass is 10.0. The van der Waals surface area contributed by atoms with E-state index in [1.807, 2.05) is 18.2 Å². The van der Waals surface area contributed by atoms with Gasteiger partial charge in [0.2, 0.25) is 0 Å². The third-order valence-corrected chi connectivity index (χ3v) is 4.27. The topological polar surface area (TPSA) is 35.5 Å². The number of aliphatic hydroxyl groups excluding tert-OH is 1. The van der Waals surface area contributed by atoms with E-state index in [9.17, 15) is 5.11 Å². The molecule has 0 aliphatic carbocycles. The number of hydrogen-bond acceptors (Lipinski definition) is 3. The molecule has 0 spiro atoms. The molecule has 1 saturated heterocycles. The molecule has 1 aromatic carbocycles. The molecular weight excluding hydrogens is 351 g/mol. The predicted octanol–water partition coefficient (Wildman–Crippen LogP) is 2.85. The van der Waals surface area contributed by atoms with Gasteiger partial charge in [0.25, 0.3) is 0 Å². The fraction of sp³-hybridized carbons (Fsp3) is 0.538. The minimum atomic E-state index is 0. The molecule has 0 aromatic heterocycles. The molecule has 1 fully saturated rings. The third kappa shape index (κ3) is 4.59. The summed E-state index contributed by atoms with van der Waals surface area (Å²) in [7, 11) is 0. The molecule has 0 amide bonds. The van der Waals surface area contributed by atoms with Crippen molar-refractivity contribution in [3.05, 3.63) is 33.3 Å². The zero-order valence-corrected chi connectivity index (χ0v) is 13.8. The lowest BCUT2D eigenvalue weighted by Crippen LogP contribution is -2.45. The van der Waals surface area contributed by atoms with Gasteiger partial charge in [-0.1, -0.05) is 27.5 Å². The maximum Gasteiger partial charge on any atom is 0.0449 e. The largest absolute Gasteiger partial charge is 0.396 e. The molecule has 0 radical (unpaired) electrons. The Kier molecular flexibility index (Phi) is 7.65. The number of piperazine rings is 1. The summed E-state index contributed by atoms with van der Waals surface area (Å²) in [5.41, 5.74) is 1.17. The fourth-order valence-corrected chi connectivity index (χ4v) is 3.11.